The Hall–Kier alpha value is -1.29. The summed E-state index contributed by atoms with van der Waals surface area (Å²) in [5.74, 6) is 2.77. The van der Waals surface area contributed by atoms with Gasteiger partial charge in [0.2, 0.25) is 0 Å². The Morgan fingerprint density at radius 2 is 2.30 bits per heavy atom. The number of carbonyl (C=O) groups is 1. The molecule has 0 spiro atoms. The van der Waals surface area contributed by atoms with Gasteiger partial charge in [-0.1, -0.05) is 13.8 Å². The molecule has 3 unspecified atom stereocenters. The Kier molecular flexibility index (Phi) is 3.36. The maximum Gasteiger partial charge on any atom is 0.310 e. The number of likely N-dealkylation sites (tertiary alicyclic amines) is 1. The summed E-state index contributed by atoms with van der Waals surface area (Å²) < 4.78 is 5.91. The van der Waals surface area contributed by atoms with Gasteiger partial charge in [-0.05, 0) is 43.9 Å². The first-order valence-corrected chi connectivity index (χ1v) is 7.58. The van der Waals surface area contributed by atoms with Crippen molar-refractivity contribution in [3.63, 3.8) is 0 Å². The van der Waals surface area contributed by atoms with Gasteiger partial charge in [-0.3, -0.25) is 9.69 Å². The maximum absolute atomic E-state index is 11.4. The van der Waals surface area contributed by atoms with E-state index in [4.69, 9.17) is 4.42 Å². The first kappa shape index (κ1) is 13.7. The molecule has 0 amide bonds. The molecule has 4 heteroatoms. The predicted octanol–water partition coefficient (Wildman–Crippen LogP) is 3.09. The third-order valence-electron chi connectivity index (χ3n) is 5.10. The van der Waals surface area contributed by atoms with Gasteiger partial charge in [-0.15, -0.1) is 0 Å². The molecular formula is C16H23NO3. The Labute approximate surface area is 119 Å². The van der Waals surface area contributed by atoms with Crippen molar-refractivity contribution in [3.05, 3.63) is 23.7 Å². The van der Waals surface area contributed by atoms with E-state index in [0.717, 1.165) is 36.9 Å². The molecule has 2 aliphatic rings. The smallest absolute Gasteiger partial charge is 0.310 e. The number of furan rings is 1. The third kappa shape index (κ3) is 2.37. The second kappa shape index (κ2) is 4.92. The highest BCUT2D eigenvalue weighted by atomic mass is 16.4. The van der Waals surface area contributed by atoms with Crippen molar-refractivity contribution < 1.29 is 14.3 Å². The van der Waals surface area contributed by atoms with Crippen molar-refractivity contribution in [1.82, 2.24) is 4.90 Å². The highest BCUT2D eigenvalue weighted by molar-refractivity contribution is 5.75. The van der Waals surface area contributed by atoms with Gasteiger partial charge in [-0.25, -0.2) is 0 Å². The van der Waals surface area contributed by atoms with Crippen LogP contribution < -0.4 is 0 Å². The lowest BCUT2D eigenvalue weighted by molar-refractivity contribution is -0.148. The topological polar surface area (TPSA) is 53.7 Å². The number of nitrogens with zero attached hydrogens (tertiary/aromatic N) is 1. The van der Waals surface area contributed by atoms with Gasteiger partial charge >= 0.3 is 5.97 Å². The highest BCUT2D eigenvalue weighted by Gasteiger charge is 2.43. The predicted molar refractivity (Wildman–Crippen MR) is 75.5 cm³/mol. The average molecular weight is 277 g/mol. The second-order valence-electron chi connectivity index (χ2n) is 6.52. The minimum Gasteiger partial charge on any atom is -0.481 e. The van der Waals surface area contributed by atoms with Crippen LogP contribution in [-0.2, 0) is 11.3 Å². The normalized spacial score (nSPS) is 33.5. The quantitative estimate of drug-likeness (QED) is 0.898. The van der Waals surface area contributed by atoms with Crippen LogP contribution in [0.25, 0.3) is 0 Å². The van der Waals surface area contributed by atoms with Gasteiger partial charge < -0.3 is 9.52 Å². The molecule has 0 aromatic carbocycles. The fraction of sp³-hybridized carbons (Fsp3) is 0.688. The summed E-state index contributed by atoms with van der Waals surface area (Å²) >= 11 is 0. The Morgan fingerprint density at radius 3 is 2.85 bits per heavy atom. The van der Waals surface area contributed by atoms with Gasteiger partial charge in [0.05, 0.1) is 12.0 Å². The Morgan fingerprint density at radius 1 is 1.55 bits per heavy atom. The molecular weight excluding hydrogens is 254 g/mol. The van der Waals surface area contributed by atoms with Crippen LogP contribution in [0.5, 0.6) is 0 Å². The van der Waals surface area contributed by atoms with Crippen molar-refractivity contribution in [3.8, 4) is 0 Å². The van der Waals surface area contributed by atoms with Gasteiger partial charge in [-0.2, -0.15) is 0 Å². The molecule has 1 aromatic heterocycles. The summed E-state index contributed by atoms with van der Waals surface area (Å²) in [4.78, 5) is 13.6. The van der Waals surface area contributed by atoms with Crippen LogP contribution in [0.2, 0.25) is 0 Å². The number of carboxylic acids is 1. The number of hydrogen-bond donors (Lipinski definition) is 1. The number of rotatable bonds is 5. The minimum absolute atomic E-state index is 0.555. The van der Waals surface area contributed by atoms with E-state index in [1.54, 1.807) is 0 Å². The molecule has 110 valence electrons. The minimum atomic E-state index is -0.658. The SMILES string of the molecule is CCC1(C(=O)O)CCN(Cc2ccc(C3CC3C)o2)C1. The van der Waals surface area contributed by atoms with E-state index in [9.17, 15) is 9.90 Å². The van der Waals surface area contributed by atoms with E-state index >= 15 is 0 Å². The molecule has 1 aromatic rings. The fourth-order valence-corrected chi connectivity index (χ4v) is 3.33. The van der Waals surface area contributed by atoms with E-state index in [0.29, 0.717) is 18.9 Å². The molecule has 4 nitrogen and oxygen atoms in total. The number of hydrogen-bond acceptors (Lipinski definition) is 3. The summed E-state index contributed by atoms with van der Waals surface area (Å²) in [6.45, 7) is 6.42. The van der Waals surface area contributed by atoms with Gasteiger partial charge in [0.15, 0.2) is 0 Å². The summed E-state index contributed by atoms with van der Waals surface area (Å²) in [6.07, 6.45) is 2.67. The van der Waals surface area contributed by atoms with E-state index < -0.39 is 11.4 Å². The molecule has 1 aliphatic heterocycles. The molecule has 0 bridgehead atoms. The van der Waals surface area contributed by atoms with Crippen molar-refractivity contribution >= 4 is 5.97 Å². The first-order valence-electron chi connectivity index (χ1n) is 7.58. The van der Waals surface area contributed by atoms with Crippen LogP contribution in [0.1, 0.15) is 50.5 Å². The molecule has 1 N–H and O–H groups in total. The van der Waals surface area contributed by atoms with Crippen molar-refractivity contribution in [2.75, 3.05) is 13.1 Å². The molecule has 0 radical (unpaired) electrons. The maximum atomic E-state index is 11.4. The first-order chi connectivity index (χ1) is 9.54. The Balaban J connectivity index is 1.62. The summed E-state index contributed by atoms with van der Waals surface area (Å²) in [5, 5.41) is 9.41. The number of carboxylic acid groups (broad SMARTS) is 1. The highest BCUT2D eigenvalue weighted by Crippen LogP contribution is 2.47. The molecule has 3 atom stereocenters. The van der Waals surface area contributed by atoms with Crippen LogP contribution in [0.3, 0.4) is 0 Å². The fourth-order valence-electron chi connectivity index (χ4n) is 3.33. The van der Waals surface area contributed by atoms with Gasteiger partial charge in [0.25, 0.3) is 0 Å². The lowest BCUT2D eigenvalue weighted by atomic mass is 9.84. The standard InChI is InChI=1S/C16H23NO3/c1-3-16(15(18)19)6-7-17(10-16)9-12-4-5-14(20-12)13-8-11(13)2/h4-5,11,13H,3,6-10H2,1-2H3,(H,18,19). The zero-order valence-corrected chi connectivity index (χ0v) is 12.3. The third-order valence-corrected chi connectivity index (χ3v) is 5.10. The van der Waals surface area contributed by atoms with Gasteiger partial charge in [0.1, 0.15) is 11.5 Å². The molecule has 2 fully saturated rings. The molecule has 1 saturated carbocycles. The summed E-state index contributed by atoms with van der Waals surface area (Å²) in [5.41, 5.74) is -0.555. The summed E-state index contributed by atoms with van der Waals surface area (Å²) in [6, 6.07) is 4.14. The van der Waals surface area contributed by atoms with Crippen molar-refractivity contribution in [2.24, 2.45) is 11.3 Å². The molecule has 3 rings (SSSR count). The molecule has 2 heterocycles. The summed E-state index contributed by atoms with van der Waals surface area (Å²) in [7, 11) is 0. The lowest BCUT2D eigenvalue weighted by Gasteiger charge is -2.22. The van der Waals surface area contributed by atoms with Crippen LogP contribution in [-0.4, -0.2) is 29.1 Å². The zero-order valence-electron chi connectivity index (χ0n) is 12.3. The second-order valence-corrected chi connectivity index (χ2v) is 6.52. The van der Waals surface area contributed by atoms with Crippen LogP contribution in [0.15, 0.2) is 16.5 Å². The molecule has 20 heavy (non-hydrogen) atoms. The van der Waals surface area contributed by atoms with E-state index in [1.807, 2.05) is 13.0 Å². The van der Waals surface area contributed by atoms with Crippen LogP contribution >= 0.6 is 0 Å². The molecule has 1 aliphatic carbocycles. The van der Waals surface area contributed by atoms with E-state index in [1.165, 1.54) is 6.42 Å². The van der Waals surface area contributed by atoms with E-state index in [-0.39, 0.29) is 0 Å². The monoisotopic (exact) mass is 277 g/mol. The lowest BCUT2D eigenvalue weighted by Crippen LogP contribution is -2.33. The zero-order chi connectivity index (χ0) is 14.3. The largest absolute Gasteiger partial charge is 0.481 e. The van der Waals surface area contributed by atoms with Crippen molar-refractivity contribution in [2.45, 2.75) is 45.6 Å². The van der Waals surface area contributed by atoms with Gasteiger partial charge in [0, 0.05) is 12.5 Å². The average Bonchev–Trinajstić information content (AvgIpc) is 2.85. The molecule has 1 saturated heterocycles. The van der Waals surface area contributed by atoms with Crippen molar-refractivity contribution in [1.29, 1.82) is 0 Å². The van der Waals surface area contributed by atoms with Crippen LogP contribution in [0.4, 0.5) is 0 Å². The van der Waals surface area contributed by atoms with E-state index in [2.05, 4.69) is 17.9 Å². The number of aliphatic carboxylic acids is 1. The Bertz CT molecular complexity index is 510. The van der Waals surface area contributed by atoms with Crippen LogP contribution in [0, 0.1) is 11.3 Å².